The molecule has 5 rings (SSSR count). The Bertz CT molecular complexity index is 1780. The van der Waals surface area contributed by atoms with Gasteiger partial charge in [0.15, 0.2) is 11.5 Å². The van der Waals surface area contributed by atoms with Gasteiger partial charge >= 0.3 is 11.3 Å². The Morgan fingerprint density at radius 2 is 1.73 bits per heavy atom. The lowest BCUT2D eigenvalue weighted by Crippen LogP contribution is -2.41. The number of pyridine rings is 1. The van der Waals surface area contributed by atoms with Crippen LogP contribution in [-0.4, -0.2) is 36.0 Å². The molecule has 0 radical (unpaired) electrons. The fourth-order valence-electron chi connectivity index (χ4n) is 4.27. The number of aromatic amines is 1. The van der Waals surface area contributed by atoms with Crippen LogP contribution in [0.2, 0.25) is 0 Å². The summed E-state index contributed by atoms with van der Waals surface area (Å²) in [6, 6.07) is 27.9. The van der Waals surface area contributed by atoms with Crippen LogP contribution in [0.3, 0.4) is 0 Å². The lowest BCUT2D eigenvalue weighted by atomic mass is 9.98. The normalized spacial score (nSPS) is 10.6. The highest BCUT2D eigenvalue weighted by Crippen LogP contribution is 2.42. The van der Waals surface area contributed by atoms with Crippen molar-refractivity contribution in [3.63, 3.8) is 0 Å². The summed E-state index contributed by atoms with van der Waals surface area (Å²) in [7, 11) is 3.08. The van der Waals surface area contributed by atoms with Gasteiger partial charge in [-0.05, 0) is 22.1 Å². The van der Waals surface area contributed by atoms with E-state index in [1.165, 1.54) is 11.8 Å². The number of benzene rings is 3. The van der Waals surface area contributed by atoms with E-state index in [1.54, 1.807) is 37.4 Å². The average molecular weight is 552 g/mol. The number of methoxy groups -OCH3 is 2. The van der Waals surface area contributed by atoms with Crippen molar-refractivity contribution in [3.05, 3.63) is 107 Å². The van der Waals surface area contributed by atoms with Gasteiger partial charge in [0.25, 0.3) is 0 Å². The van der Waals surface area contributed by atoms with Crippen LogP contribution < -0.4 is 19.8 Å². The van der Waals surface area contributed by atoms with Gasteiger partial charge in [-0.15, -0.1) is 0 Å². The summed E-state index contributed by atoms with van der Waals surface area (Å²) in [5, 5.41) is 13.1. The number of para-hydroxylation sites is 2. The van der Waals surface area contributed by atoms with Gasteiger partial charge in [0.1, 0.15) is 11.1 Å². The second kappa shape index (κ2) is 11.7. The molecular formula is C30H23N4O5S+. The summed E-state index contributed by atoms with van der Waals surface area (Å²) in [5.74, 6) is 0.327. The van der Waals surface area contributed by atoms with E-state index < -0.39 is 11.4 Å². The quantitative estimate of drug-likeness (QED) is 0.157. The zero-order chi connectivity index (χ0) is 28.1. The van der Waals surface area contributed by atoms with E-state index in [0.717, 1.165) is 17.3 Å². The molecule has 0 unspecified atom stereocenters. The summed E-state index contributed by atoms with van der Waals surface area (Å²) in [6.45, 7) is 0. The topological polar surface area (TPSA) is 122 Å². The molecule has 0 saturated heterocycles. The Hall–Kier alpha value is -5.14. The first-order valence-corrected chi connectivity index (χ1v) is 13.1. The van der Waals surface area contributed by atoms with Gasteiger partial charge in [-0.1, -0.05) is 72.4 Å². The smallest absolute Gasteiger partial charge is 0.438 e. The first-order chi connectivity index (χ1) is 19.5. The molecule has 9 nitrogen and oxygen atoms in total. The molecule has 198 valence electrons. The fraction of sp³-hybridized carbons (Fsp3) is 0.100. The number of carbonyl (C=O) groups excluding carboxylic acids is 1. The molecule has 0 spiro atoms. The van der Waals surface area contributed by atoms with Crippen molar-refractivity contribution in [2.24, 2.45) is 0 Å². The van der Waals surface area contributed by atoms with Crippen molar-refractivity contribution >= 4 is 17.5 Å². The molecule has 0 bridgehead atoms. The third kappa shape index (κ3) is 5.10. The molecule has 2 aromatic heterocycles. The number of ether oxygens (including phenoxy) is 2. The Kier molecular flexibility index (Phi) is 7.75. The van der Waals surface area contributed by atoms with Crippen LogP contribution in [0.1, 0.15) is 16.1 Å². The highest BCUT2D eigenvalue weighted by Gasteiger charge is 2.31. The minimum absolute atomic E-state index is 0.161. The number of aromatic nitrogens is 3. The van der Waals surface area contributed by atoms with Crippen LogP contribution in [0.4, 0.5) is 0 Å². The zero-order valence-corrected chi connectivity index (χ0v) is 22.4. The number of nitrogens with one attached hydrogen (secondary N) is 1. The summed E-state index contributed by atoms with van der Waals surface area (Å²) < 4.78 is 17.4. The lowest BCUT2D eigenvalue weighted by molar-refractivity contribution is -0.672. The van der Waals surface area contributed by atoms with Crippen LogP contribution >= 0.6 is 11.8 Å². The molecule has 0 aliphatic rings. The van der Waals surface area contributed by atoms with Crippen molar-refractivity contribution in [1.29, 1.82) is 5.26 Å². The van der Waals surface area contributed by atoms with Gasteiger partial charge in [0, 0.05) is 28.8 Å². The molecule has 40 heavy (non-hydrogen) atoms. The average Bonchev–Trinajstić information content (AvgIpc) is 3.40. The van der Waals surface area contributed by atoms with Gasteiger partial charge in [-0.2, -0.15) is 5.26 Å². The Labute approximate surface area is 233 Å². The molecule has 3 aromatic carbocycles. The fourth-order valence-corrected chi connectivity index (χ4v) is 5.14. The summed E-state index contributed by atoms with van der Waals surface area (Å²) in [5.41, 5.74) is 2.53. The molecule has 1 N–H and O–H groups in total. The number of H-pyrrole nitrogens is 1. The minimum atomic E-state index is -0.789. The van der Waals surface area contributed by atoms with Crippen LogP contribution in [0, 0.1) is 11.3 Å². The maximum Gasteiger partial charge on any atom is 0.438 e. The number of rotatable bonds is 9. The van der Waals surface area contributed by atoms with Crippen LogP contribution in [0.15, 0.2) is 99.3 Å². The van der Waals surface area contributed by atoms with Crippen molar-refractivity contribution in [3.8, 4) is 45.6 Å². The molecule has 0 aliphatic carbocycles. The van der Waals surface area contributed by atoms with E-state index in [2.05, 4.69) is 11.3 Å². The molecule has 2 heterocycles. The predicted octanol–water partition coefficient (Wildman–Crippen LogP) is 4.84. The molecular weight excluding hydrogens is 528 g/mol. The lowest BCUT2D eigenvalue weighted by Gasteiger charge is -2.16. The van der Waals surface area contributed by atoms with Crippen LogP contribution in [0.5, 0.6) is 11.5 Å². The molecule has 0 saturated carbocycles. The monoisotopic (exact) mass is 551 g/mol. The third-order valence-electron chi connectivity index (χ3n) is 6.13. The largest absolute Gasteiger partial charge is 0.493 e. The van der Waals surface area contributed by atoms with Crippen molar-refractivity contribution in [2.45, 2.75) is 5.03 Å². The number of ketones is 1. The first-order valence-electron chi connectivity index (χ1n) is 12.1. The molecule has 0 amide bonds. The first kappa shape index (κ1) is 26.5. The number of carbonyl (C=O) groups is 1. The van der Waals surface area contributed by atoms with E-state index in [1.807, 2.05) is 54.6 Å². The van der Waals surface area contributed by atoms with Gasteiger partial charge in [-0.3, -0.25) is 9.32 Å². The van der Waals surface area contributed by atoms with Crippen molar-refractivity contribution in [1.82, 2.24) is 10.3 Å². The summed E-state index contributed by atoms with van der Waals surface area (Å²) >= 11 is 1.07. The summed E-state index contributed by atoms with van der Waals surface area (Å²) in [6.07, 6.45) is 0. The van der Waals surface area contributed by atoms with E-state index in [4.69, 9.17) is 19.0 Å². The Morgan fingerprint density at radius 3 is 2.40 bits per heavy atom. The maximum atomic E-state index is 13.3. The van der Waals surface area contributed by atoms with Gasteiger partial charge in [-0.25, -0.2) is 9.78 Å². The van der Waals surface area contributed by atoms with Gasteiger partial charge in [0.2, 0.25) is 11.5 Å². The zero-order valence-electron chi connectivity index (χ0n) is 21.6. The van der Waals surface area contributed by atoms with E-state index in [0.29, 0.717) is 39.0 Å². The summed E-state index contributed by atoms with van der Waals surface area (Å²) in [4.78, 5) is 30.5. The Balaban J connectivity index is 1.59. The second-order valence-electron chi connectivity index (χ2n) is 8.47. The van der Waals surface area contributed by atoms with Gasteiger partial charge in [0.05, 0.1) is 31.2 Å². The highest BCUT2D eigenvalue weighted by molar-refractivity contribution is 8.00. The SMILES string of the molecule is COc1cccc(-c2cc(-c3ccccc3)nc(SCC(=O)c3c(=O)o[nH][n+]3-c3ccccc3)c2C#N)c1OC. The molecule has 0 aliphatic heterocycles. The number of nitrogens with zero attached hydrogens (tertiary/aromatic N) is 3. The van der Waals surface area contributed by atoms with E-state index in [-0.39, 0.29) is 17.0 Å². The van der Waals surface area contributed by atoms with Crippen molar-refractivity contribution in [2.75, 3.05) is 20.0 Å². The molecule has 0 atom stereocenters. The second-order valence-corrected chi connectivity index (χ2v) is 9.43. The molecule has 0 fully saturated rings. The van der Waals surface area contributed by atoms with Crippen molar-refractivity contribution < 1.29 is 23.5 Å². The standard InChI is InChI=1S/C30H22N4O5S/c1-37-26-15-9-14-21(28(26)38-2)22-16-24(19-10-5-3-6-11-19)32-29(23(22)17-31)40-18-25(35)27-30(36)39-33-34(27)20-12-7-4-8-13-20/h3-16H,18H2,1-2H3/p+1. The van der Waals surface area contributed by atoms with E-state index in [9.17, 15) is 14.9 Å². The molecule has 10 heteroatoms. The number of Topliss-reactive ketones (excluding diaryl/α,β-unsaturated/α-hetero) is 1. The minimum Gasteiger partial charge on any atom is -0.493 e. The number of thioether (sulfide) groups is 1. The van der Waals surface area contributed by atoms with Gasteiger partial charge < -0.3 is 9.47 Å². The third-order valence-corrected chi connectivity index (χ3v) is 7.10. The van der Waals surface area contributed by atoms with Crippen LogP contribution in [0.25, 0.3) is 28.1 Å². The molecule has 5 aromatic rings. The highest BCUT2D eigenvalue weighted by atomic mass is 32.2. The Morgan fingerprint density at radius 1 is 1.00 bits per heavy atom. The predicted molar refractivity (Wildman–Crippen MR) is 149 cm³/mol. The number of hydrogen-bond donors (Lipinski definition) is 1. The number of hydrogen-bond acceptors (Lipinski definition) is 8. The maximum absolute atomic E-state index is 13.3. The number of nitriles is 1. The van der Waals surface area contributed by atoms with Crippen LogP contribution in [-0.2, 0) is 0 Å². The van der Waals surface area contributed by atoms with E-state index >= 15 is 0 Å².